The van der Waals surface area contributed by atoms with Crippen LogP contribution < -0.4 is 5.32 Å². The number of aliphatic hydroxyl groups is 1. The number of aliphatic hydroxyl groups excluding tert-OH is 1. The molecule has 0 aliphatic heterocycles. The Kier molecular flexibility index (Phi) is 10.7. The fourth-order valence-corrected chi connectivity index (χ4v) is 3.39. The molecule has 0 spiro atoms. The van der Waals surface area contributed by atoms with Crippen LogP contribution >= 0.6 is 22.6 Å². The van der Waals surface area contributed by atoms with E-state index in [4.69, 9.17) is 0 Å². The van der Waals surface area contributed by atoms with Gasteiger partial charge >= 0.3 is 5.97 Å². The molecule has 0 bridgehead atoms. The van der Waals surface area contributed by atoms with Gasteiger partial charge in [0, 0.05) is 18.0 Å². The second-order valence-electron chi connectivity index (χ2n) is 6.03. The Bertz CT molecular complexity index is 531. The average molecular weight is 461 g/mol. The van der Waals surface area contributed by atoms with Crippen molar-refractivity contribution < 1.29 is 19.4 Å². The highest BCUT2D eigenvalue weighted by atomic mass is 127. The number of benzene rings is 1. The predicted molar refractivity (Wildman–Crippen MR) is 107 cm³/mol. The molecule has 1 aromatic carbocycles. The molecule has 2 atom stereocenters. The Morgan fingerprint density at radius 2 is 1.88 bits per heavy atom. The largest absolute Gasteiger partial charge is 0.469 e. The van der Waals surface area contributed by atoms with Crippen molar-refractivity contribution in [1.82, 2.24) is 5.32 Å². The van der Waals surface area contributed by atoms with Crippen LogP contribution in [0.5, 0.6) is 0 Å². The molecule has 0 radical (unpaired) electrons. The Morgan fingerprint density at radius 1 is 1.20 bits per heavy atom. The molecule has 0 aliphatic carbocycles. The molecule has 6 heteroatoms. The third-order valence-electron chi connectivity index (χ3n) is 4.14. The molecule has 1 rings (SSSR count). The number of carbonyl (C=O) groups excluding carboxylic acids is 2. The van der Waals surface area contributed by atoms with Crippen molar-refractivity contribution in [3.63, 3.8) is 0 Å². The van der Waals surface area contributed by atoms with Gasteiger partial charge in [-0.3, -0.25) is 9.59 Å². The molecule has 0 saturated heterocycles. The first-order valence-electron chi connectivity index (χ1n) is 8.76. The maximum absolute atomic E-state index is 12.1. The van der Waals surface area contributed by atoms with Gasteiger partial charge in [-0.2, -0.15) is 0 Å². The van der Waals surface area contributed by atoms with Crippen molar-refractivity contribution in [2.24, 2.45) is 0 Å². The minimum absolute atomic E-state index is 0.0777. The minimum atomic E-state index is -0.445. The van der Waals surface area contributed by atoms with Gasteiger partial charge in [0.1, 0.15) is 4.11 Å². The van der Waals surface area contributed by atoms with Gasteiger partial charge in [-0.05, 0) is 24.1 Å². The monoisotopic (exact) mass is 461 g/mol. The lowest BCUT2D eigenvalue weighted by atomic mass is 9.93. The minimum Gasteiger partial charge on any atom is -0.469 e. The Balaban J connectivity index is 2.59. The SMILES string of the molecule is CCCCCCC(c1ccc(C(=O)NCCC(=O)OC)cc1)C(O)I. The van der Waals surface area contributed by atoms with Gasteiger partial charge in [0.2, 0.25) is 0 Å². The molecular weight excluding hydrogens is 433 g/mol. The fraction of sp³-hybridized carbons (Fsp3) is 0.579. The number of alkyl halides is 1. The van der Waals surface area contributed by atoms with Gasteiger partial charge in [-0.1, -0.05) is 67.3 Å². The molecule has 1 aromatic rings. The number of rotatable bonds is 11. The van der Waals surface area contributed by atoms with E-state index in [1.54, 1.807) is 12.1 Å². The summed E-state index contributed by atoms with van der Waals surface area (Å²) in [6.45, 7) is 2.43. The maximum atomic E-state index is 12.1. The van der Waals surface area contributed by atoms with E-state index in [9.17, 15) is 14.7 Å². The standard InChI is InChI=1S/C19H28INO4/c1-3-4-5-6-7-16(18(20)23)14-8-10-15(11-9-14)19(24)21-13-12-17(22)25-2/h8-11,16,18,23H,3-7,12-13H2,1-2H3,(H,21,24). The van der Waals surface area contributed by atoms with E-state index in [0.29, 0.717) is 5.56 Å². The Hall–Kier alpha value is -1.15. The lowest BCUT2D eigenvalue weighted by molar-refractivity contribution is -0.140. The van der Waals surface area contributed by atoms with E-state index < -0.39 is 4.11 Å². The molecule has 5 nitrogen and oxygen atoms in total. The van der Waals surface area contributed by atoms with E-state index in [1.165, 1.54) is 26.4 Å². The number of methoxy groups -OCH3 is 1. The predicted octanol–water partition coefficient (Wildman–Crippen LogP) is 3.79. The maximum Gasteiger partial charge on any atom is 0.307 e. The third kappa shape index (κ3) is 8.18. The first-order valence-corrected chi connectivity index (χ1v) is 10.0. The summed E-state index contributed by atoms with van der Waals surface area (Å²) in [5, 5.41) is 12.7. The van der Waals surface area contributed by atoms with Crippen LogP contribution in [-0.2, 0) is 9.53 Å². The molecule has 0 fully saturated rings. The Labute approximate surface area is 163 Å². The highest BCUT2D eigenvalue weighted by molar-refractivity contribution is 14.1. The van der Waals surface area contributed by atoms with Crippen LogP contribution in [0.1, 0.15) is 67.3 Å². The summed E-state index contributed by atoms with van der Waals surface area (Å²) in [6.07, 6.45) is 5.77. The van der Waals surface area contributed by atoms with Gasteiger partial charge in [-0.15, -0.1) is 0 Å². The summed E-state index contributed by atoms with van der Waals surface area (Å²) < 4.78 is 4.09. The van der Waals surface area contributed by atoms with Crippen LogP contribution in [0.4, 0.5) is 0 Å². The number of amides is 1. The first-order chi connectivity index (χ1) is 12.0. The van der Waals surface area contributed by atoms with Crippen LogP contribution in [0.3, 0.4) is 0 Å². The molecule has 0 aromatic heterocycles. The molecule has 140 valence electrons. The summed E-state index contributed by atoms with van der Waals surface area (Å²) in [4.78, 5) is 23.1. The van der Waals surface area contributed by atoms with E-state index in [2.05, 4.69) is 39.6 Å². The molecule has 2 unspecified atom stereocenters. The number of halogens is 1. The van der Waals surface area contributed by atoms with Gasteiger partial charge in [-0.25, -0.2) is 0 Å². The second-order valence-corrected chi connectivity index (χ2v) is 7.31. The molecule has 25 heavy (non-hydrogen) atoms. The quantitative estimate of drug-likeness (QED) is 0.228. The number of ether oxygens (including phenoxy) is 1. The van der Waals surface area contributed by atoms with Gasteiger partial charge in [0.25, 0.3) is 5.91 Å². The summed E-state index contributed by atoms with van der Waals surface area (Å²) >= 11 is 2.05. The number of nitrogens with one attached hydrogen (secondary N) is 1. The van der Waals surface area contributed by atoms with Crippen LogP contribution in [0.25, 0.3) is 0 Å². The summed E-state index contributed by atoms with van der Waals surface area (Å²) in [5.41, 5.74) is 1.59. The lowest BCUT2D eigenvalue weighted by Crippen LogP contribution is -2.26. The smallest absolute Gasteiger partial charge is 0.307 e. The van der Waals surface area contributed by atoms with Crippen molar-refractivity contribution in [2.45, 2.75) is 55.5 Å². The van der Waals surface area contributed by atoms with Crippen molar-refractivity contribution in [3.8, 4) is 0 Å². The third-order valence-corrected chi connectivity index (χ3v) is 5.01. The number of esters is 1. The average Bonchev–Trinajstić information content (AvgIpc) is 2.61. The van der Waals surface area contributed by atoms with Gasteiger partial charge < -0.3 is 15.2 Å². The van der Waals surface area contributed by atoms with E-state index in [-0.39, 0.29) is 30.8 Å². The zero-order valence-electron chi connectivity index (χ0n) is 15.0. The van der Waals surface area contributed by atoms with Crippen LogP contribution in [0.15, 0.2) is 24.3 Å². The zero-order chi connectivity index (χ0) is 18.7. The topological polar surface area (TPSA) is 75.6 Å². The molecular formula is C19H28INO4. The van der Waals surface area contributed by atoms with Crippen LogP contribution in [0.2, 0.25) is 0 Å². The number of hydrogen-bond donors (Lipinski definition) is 2. The number of unbranched alkanes of at least 4 members (excludes halogenated alkanes) is 3. The van der Waals surface area contributed by atoms with Crippen LogP contribution in [0, 0.1) is 0 Å². The van der Waals surface area contributed by atoms with E-state index >= 15 is 0 Å². The molecule has 0 saturated carbocycles. The van der Waals surface area contributed by atoms with Crippen molar-refractivity contribution >= 4 is 34.5 Å². The van der Waals surface area contributed by atoms with Gasteiger partial charge in [0.05, 0.1) is 13.5 Å². The number of hydrogen-bond acceptors (Lipinski definition) is 4. The fourth-order valence-electron chi connectivity index (χ4n) is 2.62. The molecule has 0 heterocycles. The van der Waals surface area contributed by atoms with Gasteiger partial charge in [0.15, 0.2) is 0 Å². The highest BCUT2D eigenvalue weighted by Crippen LogP contribution is 2.29. The van der Waals surface area contributed by atoms with E-state index in [1.807, 2.05) is 12.1 Å². The zero-order valence-corrected chi connectivity index (χ0v) is 17.1. The van der Waals surface area contributed by atoms with Crippen molar-refractivity contribution in [3.05, 3.63) is 35.4 Å². The number of carbonyl (C=O) groups is 2. The molecule has 2 N–H and O–H groups in total. The highest BCUT2D eigenvalue weighted by Gasteiger charge is 2.18. The first kappa shape index (κ1) is 21.9. The van der Waals surface area contributed by atoms with Crippen molar-refractivity contribution in [1.29, 1.82) is 0 Å². The lowest BCUT2D eigenvalue weighted by Gasteiger charge is -2.19. The summed E-state index contributed by atoms with van der Waals surface area (Å²) in [7, 11) is 1.32. The Morgan fingerprint density at radius 3 is 2.44 bits per heavy atom. The second kappa shape index (κ2) is 12.2. The normalized spacial score (nSPS) is 13.1. The molecule has 1 amide bonds. The molecule has 0 aliphatic rings. The van der Waals surface area contributed by atoms with E-state index in [0.717, 1.165) is 18.4 Å². The van der Waals surface area contributed by atoms with Crippen molar-refractivity contribution in [2.75, 3.05) is 13.7 Å². The summed E-state index contributed by atoms with van der Waals surface area (Å²) in [6, 6.07) is 7.34. The summed E-state index contributed by atoms with van der Waals surface area (Å²) in [5.74, 6) is -0.489. The van der Waals surface area contributed by atoms with Crippen LogP contribution in [-0.4, -0.2) is 34.7 Å².